The number of fused-ring (bicyclic) bond motifs is 7. The SMILES string of the molecule is [c-]1n(-c2cccc3c2c2cccc4c5ccccc5n3c42)c2ccccc2[n+]1-c1ccccc1. The van der Waals surface area contributed by atoms with E-state index in [2.05, 4.69) is 129 Å². The fourth-order valence-corrected chi connectivity index (χ4v) is 5.66. The molecule has 0 amide bonds. The second-order valence-electron chi connectivity index (χ2n) is 8.82. The summed E-state index contributed by atoms with van der Waals surface area (Å²) in [6, 6.07) is 41.0. The second-order valence-corrected chi connectivity index (χ2v) is 8.82. The number of hydrogen-bond acceptors (Lipinski definition) is 0. The summed E-state index contributed by atoms with van der Waals surface area (Å²) >= 11 is 0. The Labute approximate surface area is 195 Å². The van der Waals surface area contributed by atoms with E-state index in [-0.39, 0.29) is 0 Å². The molecule has 0 aliphatic rings. The van der Waals surface area contributed by atoms with Crippen LogP contribution in [0.25, 0.3) is 60.5 Å². The van der Waals surface area contributed by atoms with Crippen LogP contribution in [0.1, 0.15) is 0 Å². The van der Waals surface area contributed by atoms with Gasteiger partial charge in [-0.1, -0.05) is 84.9 Å². The number of imidazole rings is 1. The molecule has 0 bridgehead atoms. The Hall–Kier alpha value is -4.63. The highest BCUT2D eigenvalue weighted by Crippen LogP contribution is 2.41. The molecule has 3 aromatic heterocycles. The molecule has 0 unspecified atom stereocenters. The zero-order chi connectivity index (χ0) is 22.2. The van der Waals surface area contributed by atoms with Gasteiger partial charge in [0.25, 0.3) is 6.33 Å². The molecule has 0 saturated carbocycles. The van der Waals surface area contributed by atoms with Gasteiger partial charge >= 0.3 is 0 Å². The summed E-state index contributed by atoms with van der Waals surface area (Å²) in [6.07, 6.45) is 3.66. The van der Waals surface area contributed by atoms with Gasteiger partial charge in [0, 0.05) is 21.5 Å². The Balaban J connectivity index is 1.54. The van der Waals surface area contributed by atoms with Gasteiger partial charge in [-0.3, -0.25) is 9.13 Å². The number of benzene rings is 5. The van der Waals surface area contributed by atoms with Crippen LogP contribution < -0.4 is 4.57 Å². The number of nitrogens with zero attached hydrogens (tertiary/aromatic N) is 3. The van der Waals surface area contributed by atoms with E-state index < -0.39 is 0 Å². The lowest BCUT2D eigenvalue weighted by Crippen LogP contribution is -2.29. The van der Waals surface area contributed by atoms with Crippen LogP contribution in [0, 0.1) is 6.33 Å². The second kappa shape index (κ2) is 6.46. The van der Waals surface area contributed by atoms with Crippen molar-refractivity contribution in [2.24, 2.45) is 0 Å². The predicted octanol–water partition coefficient (Wildman–Crippen LogP) is 6.86. The molecule has 5 aromatic carbocycles. The Morgan fingerprint density at radius 1 is 0.529 bits per heavy atom. The number of para-hydroxylation sites is 5. The molecule has 0 radical (unpaired) electrons. The molecule has 158 valence electrons. The zero-order valence-corrected chi connectivity index (χ0v) is 18.3. The Bertz CT molecular complexity index is 2010. The van der Waals surface area contributed by atoms with Crippen molar-refractivity contribution in [2.45, 2.75) is 0 Å². The maximum absolute atomic E-state index is 3.66. The molecule has 0 N–H and O–H groups in total. The van der Waals surface area contributed by atoms with Crippen LogP contribution in [0.4, 0.5) is 0 Å². The molecular formula is C31H19N3. The van der Waals surface area contributed by atoms with Crippen molar-refractivity contribution < 1.29 is 4.57 Å². The average Bonchev–Trinajstić information content (AvgIpc) is 3.56. The largest absolute Gasteiger partial charge is 0.309 e. The van der Waals surface area contributed by atoms with Crippen LogP contribution in [-0.4, -0.2) is 8.97 Å². The molecule has 3 nitrogen and oxygen atoms in total. The van der Waals surface area contributed by atoms with E-state index in [0.29, 0.717) is 0 Å². The normalized spacial score (nSPS) is 12.1. The van der Waals surface area contributed by atoms with E-state index in [0.717, 1.165) is 22.4 Å². The fraction of sp³-hybridized carbons (Fsp3) is 0. The summed E-state index contributed by atoms with van der Waals surface area (Å²) in [5, 5.41) is 5.13. The Kier molecular flexibility index (Phi) is 3.39. The van der Waals surface area contributed by atoms with E-state index in [9.17, 15) is 0 Å². The number of hydrogen-bond donors (Lipinski definition) is 0. The van der Waals surface area contributed by atoms with Crippen LogP contribution >= 0.6 is 0 Å². The van der Waals surface area contributed by atoms with Gasteiger partial charge in [-0.2, -0.15) is 0 Å². The standard InChI is InChI=1S/C31H19N3/c1-2-10-21(11-3-1)32-20-33(27-17-7-6-16-26(27)32)28-18-9-19-29-30(28)24-14-8-13-23-22-12-4-5-15-25(22)34(29)31(23)24/h1-19H. The molecule has 0 aliphatic heterocycles. The third-order valence-corrected chi connectivity index (χ3v) is 7.04. The van der Waals surface area contributed by atoms with E-state index in [1.165, 1.54) is 38.1 Å². The summed E-state index contributed by atoms with van der Waals surface area (Å²) in [7, 11) is 0. The van der Waals surface area contributed by atoms with Crippen LogP contribution in [0.15, 0.2) is 115 Å². The van der Waals surface area contributed by atoms with Gasteiger partial charge < -0.3 is 4.40 Å². The molecule has 0 saturated heterocycles. The van der Waals surface area contributed by atoms with E-state index in [1.54, 1.807) is 0 Å². The quantitative estimate of drug-likeness (QED) is 0.209. The fourth-order valence-electron chi connectivity index (χ4n) is 5.66. The highest BCUT2D eigenvalue weighted by atomic mass is 15.1. The smallest absolute Gasteiger partial charge is 0.269 e. The Morgan fingerprint density at radius 3 is 2.12 bits per heavy atom. The first-order valence-corrected chi connectivity index (χ1v) is 11.6. The maximum Gasteiger partial charge on any atom is 0.269 e. The van der Waals surface area contributed by atoms with E-state index >= 15 is 0 Å². The summed E-state index contributed by atoms with van der Waals surface area (Å²) in [5.74, 6) is 0. The molecular weight excluding hydrogens is 414 g/mol. The minimum Gasteiger partial charge on any atom is -0.309 e. The third-order valence-electron chi connectivity index (χ3n) is 7.04. The lowest BCUT2D eigenvalue weighted by Gasteiger charge is -2.07. The number of aromatic nitrogens is 3. The zero-order valence-electron chi connectivity index (χ0n) is 18.3. The maximum atomic E-state index is 3.66. The topological polar surface area (TPSA) is 13.2 Å². The van der Waals surface area contributed by atoms with Crippen molar-refractivity contribution in [2.75, 3.05) is 0 Å². The lowest BCUT2D eigenvalue weighted by molar-refractivity contribution is -0.572. The molecule has 3 heterocycles. The lowest BCUT2D eigenvalue weighted by atomic mass is 10.1. The van der Waals surface area contributed by atoms with Crippen LogP contribution in [0.2, 0.25) is 0 Å². The first kappa shape index (κ1) is 17.9. The van der Waals surface area contributed by atoms with Crippen molar-refractivity contribution in [1.82, 2.24) is 8.97 Å². The predicted molar refractivity (Wildman–Crippen MR) is 138 cm³/mol. The molecule has 0 aliphatic carbocycles. The highest BCUT2D eigenvalue weighted by molar-refractivity contribution is 6.24. The Morgan fingerprint density at radius 2 is 1.21 bits per heavy atom. The molecule has 3 heteroatoms. The summed E-state index contributed by atoms with van der Waals surface area (Å²) in [4.78, 5) is 0. The van der Waals surface area contributed by atoms with Crippen molar-refractivity contribution in [1.29, 1.82) is 0 Å². The van der Waals surface area contributed by atoms with Crippen LogP contribution in [0.5, 0.6) is 0 Å². The van der Waals surface area contributed by atoms with Crippen molar-refractivity contribution in [3.05, 3.63) is 122 Å². The first-order valence-electron chi connectivity index (χ1n) is 11.6. The van der Waals surface area contributed by atoms with Crippen molar-refractivity contribution in [3.8, 4) is 11.4 Å². The van der Waals surface area contributed by atoms with Crippen molar-refractivity contribution >= 4 is 49.1 Å². The molecule has 34 heavy (non-hydrogen) atoms. The van der Waals surface area contributed by atoms with Crippen LogP contribution in [0.3, 0.4) is 0 Å². The van der Waals surface area contributed by atoms with Gasteiger partial charge in [0.15, 0.2) is 0 Å². The monoisotopic (exact) mass is 433 g/mol. The summed E-state index contributed by atoms with van der Waals surface area (Å²) in [6.45, 7) is 0. The highest BCUT2D eigenvalue weighted by Gasteiger charge is 2.20. The van der Waals surface area contributed by atoms with E-state index in [4.69, 9.17) is 0 Å². The summed E-state index contributed by atoms with van der Waals surface area (Å²) < 4.78 is 6.80. The average molecular weight is 434 g/mol. The minimum atomic E-state index is 1.10. The molecule has 8 aromatic rings. The van der Waals surface area contributed by atoms with Gasteiger partial charge in [-0.25, -0.2) is 0 Å². The summed E-state index contributed by atoms with van der Waals surface area (Å²) in [5.41, 5.74) is 8.27. The first-order chi connectivity index (χ1) is 16.9. The molecule has 8 rings (SSSR count). The van der Waals surface area contributed by atoms with Gasteiger partial charge in [-0.15, -0.1) is 0 Å². The van der Waals surface area contributed by atoms with Gasteiger partial charge in [-0.05, 0) is 30.3 Å². The van der Waals surface area contributed by atoms with Crippen molar-refractivity contribution in [3.63, 3.8) is 0 Å². The molecule has 0 fully saturated rings. The van der Waals surface area contributed by atoms with Crippen LogP contribution in [-0.2, 0) is 0 Å². The molecule has 0 atom stereocenters. The van der Waals surface area contributed by atoms with E-state index in [1.807, 2.05) is 6.07 Å². The third kappa shape index (κ3) is 2.18. The minimum absolute atomic E-state index is 1.10. The molecule has 0 spiro atoms. The number of rotatable bonds is 2. The van der Waals surface area contributed by atoms with Gasteiger partial charge in [0.05, 0.1) is 39.0 Å². The van der Waals surface area contributed by atoms with Gasteiger partial charge in [0.2, 0.25) is 0 Å². The van der Waals surface area contributed by atoms with Gasteiger partial charge in [0.1, 0.15) is 0 Å².